The van der Waals surface area contributed by atoms with Crippen molar-refractivity contribution in [3.63, 3.8) is 0 Å². The standard InChI is InChI=1S/C40H24OS2/c41-39(31-13-2-1-12-29(31)37-19-9-23-43-37)32-15-7-14-30-27-11-4-6-17-34(27)40(38(30)32)33-16-5-3-10-26(33)28-21-20-25(24-35(28)40)36-18-8-22-42-36/h1-24H. The van der Waals surface area contributed by atoms with Crippen LogP contribution in [0, 0.1) is 0 Å². The smallest absolute Gasteiger partial charge is 0.194 e. The van der Waals surface area contributed by atoms with Crippen LogP contribution in [0.15, 0.2) is 144 Å². The molecule has 43 heavy (non-hydrogen) atoms. The Kier molecular flexibility index (Phi) is 5.37. The Bertz CT molecular complexity index is 2190. The number of benzene rings is 5. The quantitative estimate of drug-likeness (QED) is 0.188. The zero-order chi connectivity index (χ0) is 28.5. The van der Waals surface area contributed by atoms with Gasteiger partial charge in [0.2, 0.25) is 0 Å². The number of fused-ring (bicyclic) bond motifs is 10. The van der Waals surface area contributed by atoms with E-state index < -0.39 is 5.41 Å². The van der Waals surface area contributed by atoms with E-state index in [-0.39, 0.29) is 5.78 Å². The lowest BCUT2D eigenvalue weighted by atomic mass is 9.68. The van der Waals surface area contributed by atoms with Crippen molar-refractivity contribution in [1.29, 1.82) is 0 Å². The Balaban J connectivity index is 1.38. The van der Waals surface area contributed by atoms with Crippen LogP contribution in [0.4, 0.5) is 0 Å². The van der Waals surface area contributed by atoms with Gasteiger partial charge in [-0.15, -0.1) is 22.7 Å². The molecule has 1 atom stereocenters. The summed E-state index contributed by atoms with van der Waals surface area (Å²) in [5.41, 5.74) is 12.7. The molecule has 0 saturated heterocycles. The van der Waals surface area contributed by atoms with Crippen LogP contribution in [0.3, 0.4) is 0 Å². The van der Waals surface area contributed by atoms with E-state index in [9.17, 15) is 4.79 Å². The second kappa shape index (κ2) is 9.34. The molecule has 5 aromatic carbocycles. The molecule has 1 spiro atoms. The van der Waals surface area contributed by atoms with Crippen molar-refractivity contribution in [2.24, 2.45) is 0 Å². The Morgan fingerprint density at radius 1 is 0.465 bits per heavy atom. The molecule has 0 amide bonds. The summed E-state index contributed by atoms with van der Waals surface area (Å²) in [5, 5.41) is 4.20. The lowest BCUT2D eigenvalue weighted by molar-refractivity contribution is 0.103. The van der Waals surface area contributed by atoms with Gasteiger partial charge < -0.3 is 0 Å². The van der Waals surface area contributed by atoms with Gasteiger partial charge in [-0.3, -0.25) is 4.79 Å². The molecule has 202 valence electrons. The van der Waals surface area contributed by atoms with Crippen molar-refractivity contribution in [2.75, 3.05) is 0 Å². The van der Waals surface area contributed by atoms with Gasteiger partial charge in [-0.25, -0.2) is 0 Å². The number of ketones is 1. The largest absolute Gasteiger partial charge is 0.289 e. The summed E-state index contributed by atoms with van der Waals surface area (Å²) in [6.07, 6.45) is 0. The fourth-order valence-corrected chi connectivity index (χ4v) is 8.95. The number of hydrogen-bond donors (Lipinski definition) is 0. The second-order valence-corrected chi connectivity index (χ2v) is 13.1. The van der Waals surface area contributed by atoms with Crippen molar-refractivity contribution in [3.05, 3.63) is 178 Å². The third-order valence-electron chi connectivity index (χ3n) is 9.11. The first-order chi connectivity index (χ1) is 21.3. The highest BCUT2D eigenvalue weighted by atomic mass is 32.1. The first-order valence-electron chi connectivity index (χ1n) is 14.5. The molecule has 0 N–H and O–H groups in total. The lowest BCUT2D eigenvalue weighted by Crippen LogP contribution is -2.28. The van der Waals surface area contributed by atoms with Crippen LogP contribution in [0.1, 0.15) is 38.2 Å². The zero-order valence-corrected chi connectivity index (χ0v) is 24.7. The number of hydrogen-bond acceptors (Lipinski definition) is 3. The fourth-order valence-electron chi connectivity index (χ4n) is 7.46. The number of rotatable bonds is 4. The van der Waals surface area contributed by atoms with E-state index in [4.69, 9.17) is 0 Å². The minimum absolute atomic E-state index is 0.0633. The predicted octanol–water partition coefficient (Wildman–Crippen LogP) is 10.7. The molecule has 2 aliphatic rings. The topological polar surface area (TPSA) is 17.1 Å². The lowest BCUT2D eigenvalue weighted by Gasteiger charge is -2.32. The molecule has 0 saturated carbocycles. The summed E-state index contributed by atoms with van der Waals surface area (Å²) in [6, 6.07) is 47.3. The fraction of sp³-hybridized carbons (Fsp3) is 0.0250. The number of thiophene rings is 2. The monoisotopic (exact) mass is 584 g/mol. The van der Waals surface area contributed by atoms with Crippen molar-refractivity contribution >= 4 is 28.5 Å². The van der Waals surface area contributed by atoms with E-state index >= 15 is 0 Å². The summed E-state index contributed by atoms with van der Waals surface area (Å²) < 4.78 is 0. The van der Waals surface area contributed by atoms with Gasteiger partial charge in [0.1, 0.15) is 0 Å². The van der Waals surface area contributed by atoms with E-state index in [1.165, 1.54) is 43.8 Å². The Labute approximate surface area is 258 Å². The summed E-state index contributed by atoms with van der Waals surface area (Å²) in [6.45, 7) is 0. The van der Waals surface area contributed by atoms with Gasteiger partial charge in [-0.2, -0.15) is 0 Å². The van der Waals surface area contributed by atoms with E-state index in [1.807, 2.05) is 30.3 Å². The van der Waals surface area contributed by atoms with Gasteiger partial charge in [0.15, 0.2) is 5.78 Å². The second-order valence-electron chi connectivity index (χ2n) is 11.2. The molecule has 0 fully saturated rings. The normalized spacial score (nSPS) is 15.6. The summed E-state index contributed by atoms with van der Waals surface area (Å²) in [4.78, 5) is 17.2. The predicted molar refractivity (Wildman–Crippen MR) is 179 cm³/mol. The molecule has 1 unspecified atom stereocenters. The van der Waals surface area contributed by atoms with Gasteiger partial charge in [-0.05, 0) is 79.0 Å². The van der Waals surface area contributed by atoms with Crippen LogP contribution in [0.25, 0.3) is 43.1 Å². The van der Waals surface area contributed by atoms with Crippen LogP contribution < -0.4 is 0 Å². The highest BCUT2D eigenvalue weighted by Crippen LogP contribution is 2.64. The molecule has 3 heteroatoms. The number of carbonyl (C=O) groups excluding carboxylic acids is 1. The minimum atomic E-state index is -0.602. The highest BCUT2D eigenvalue weighted by Gasteiger charge is 2.53. The van der Waals surface area contributed by atoms with Crippen LogP contribution >= 0.6 is 22.7 Å². The van der Waals surface area contributed by atoms with Gasteiger partial charge in [-0.1, -0.05) is 115 Å². The van der Waals surface area contributed by atoms with Gasteiger partial charge in [0.05, 0.1) is 5.41 Å². The van der Waals surface area contributed by atoms with Crippen LogP contribution in [0.5, 0.6) is 0 Å². The van der Waals surface area contributed by atoms with Crippen molar-refractivity contribution in [2.45, 2.75) is 5.41 Å². The van der Waals surface area contributed by atoms with Crippen molar-refractivity contribution < 1.29 is 4.79 Å². The van der Waals surface area contributed by atoms with Crippen LogP contribution in [-0.4, -0.2) is 5.78 Å². The van der Waals surface area contributed by atoms with E-state index in [2.05, 4.69) is 114 Å². The van der Waals surface area contributed by atoms with Crippen LogP contribution in [0.2, 0.25) is 0 Å². The third-order valence-corrected chi connectivity index (χ3v) is 10.9. The number of carbonyl (C=O) groups is 1. The van der Waals surface area contributed by atoms with E-state index in [1.54, 1.807) is 22.7 Å². The maximum atomic E-state index is 14.9. The first kappa shape index (κ1) is 24.7. The van der Waals surface area contributed by atoms with Gasteiger partial charge in [0.25, 0.3) is 0 Å². The molecule has 2 aliphatic carbocycles. The molecule has 0 radical (unpaired) electrons. The first-order valence-corrected chi connectivity index (χ1v) is 16.2. The maximum absolute atomic E-state index is 14.9. The molecule has 2 heterocycles. The summed E-state index contributed by atoms with van der Waals surface area (Å²) in [5.74, 6) is 0.0633. The molecule has 1 nitrogen and oxygen atoms in total. The summed E-state index contributed by atoms with van der Waals surface area (Å²) >= 11 is 3.43. The average molecular weight is 585 g/mol. The Morgan fingerprint density at radius 2 is 1.05 bits per heavy atom. The molecular weight excluding hydrogens is 561 g/mol. The SMILES string of the molecule is O=C(c1ccccc1-c1cccs1)c1cccc2c1C1(c3ccccc3-c3ccc(-c4cccs4)cc31)c1ccccc1-2. The zero-order valence-electron chi connectivity index (χ0n) is 23.1. The van der Waals surface area contributed by atoms with Gasteiger partial charge in [0, 0.05) is 26.4 Å². The maximum Gasteiger partial charge on any atom is 0.194 e. The molecule has 0 bridgehead atoms. The summed E-state index contributed by atoms with van der Waals surface area (Å²) in [7, 11) is 0. The van der Waals surface area contributed by atoms with Gasteiger partial charge >= 0.3 is 0 Å². The molecule has 7 aromatic rings. The highest BCUT2D eigenvalue weighted by molar-refractivity contribution is 7.13. The van der Waals surface area contributed by atoms with E-state index in [0.717, 1.165) is 32.7 Å². The molecule has 0 aliphatic heterocycles. The third kappa shape index (κ3) is 3.35. The molecule has 9 rings (SSSR count). The molecule has 2 aromatic heterocycles. The van der Waals surface area contributed by atoms with Crippen LogP contribution in [-0.2, 0) is 5.41 Å². The van der Waals surface area contributed by atoms with E-state index in [0.29, 0.717) is 0 Å². The van der Waals surface area contributed by atoms with Crippen molar-refractivity contribution in [3.8, 4) is 43.1 Å². The molecular formula is C40H24OS2. The Morgan fingerprint density at radius 3 is 1.77 bits per heavy atom. The minimum Gasteiger partial charge on any atom is -0.289 e. The Hall–Kier alpha value is -4.83. The van der Waals surface area contributed by atoms with Crippen molar-refractivity contribution in [1.82, 2.24) is 0 Å². The average Bonchev–Trinajstić information content (AvgIpc) is 3.88.